The maximum absolute atomic E-state index is 12.6. The Bertz CT molecular complexity index is 141. The monoisotopic (exact) mass is 160 g/mol. The molecule has 1 atom stereocenters. The molecular formula is C8H13FO2. The molecule has 0 spiro atoms. The number of hydrogen-bond donors (Lipinski definition) is 1. The average molecular weight is 160 g/mol. The maximum atomic E-state index is 12.6. The van der Waals surface area contributed by atoms with Gasteiger partial charge in [0.05, 0.1) is 0 Å². The van der Waals surface area contributed by atoms with E-state index < -0.39 is 12.1 Å². The first kappa shape index (κ1) is 8.50. The quantitative estimate of drug-likeness (QED) is 0.685. The van der Waals surface area contributed by atoms with Gasteiger partial charge in [0, 0.05) is 0 Å². The molecule has 1 rings (SSSR count). The Labute approximate surface area is 65.4 Å². The highest BCUT2D eigenvalue weighted by atomic mass is 19.1. The van der Waals surface area contributed by atoms with E-state index in [0.717, 1.165) is 25.7 Å². The van der Waals surface area contributed by atoms with Crippen molar-refractivity contribution in [1.29, 1.82) is 0 Å². The summed E-state index contributed by atoms with van der Waals surface area (Å²) in [6, 6.07) is 0. The lowest BCUT2D eigenvalue weighted by atomic mass is 10.0. The molecule has 64 valence electrons. The minimum atomic E-state index is -1.64. The first-order chi connectivity index (χ1) is 5.20. The zero-order chi connectivity index (χ0) is 8.27. The first-order valence-electron chi connectivity index (χ1n) is 4.07. The van der Waals surface area contributed by atoms with Crippen molar-refractivity contribution < 1.29 is 14.3 Å². The molecule has 1 fully saturated rings. The van der Waals surface area contributed by atoms with E-state index in [1.54, 1.807) is 0 Å². The van der Waals surface area contributed by atoms with Crippen LogP contribution >= 0.6 is 0 Å². The van der Waals surface area contributed by atoms with Gasteiger partial charge in [0.25, 0.3) is 0 Å². The van der Waals surface area contributed by atoms with Gasteiger partial charge < -0.3 is 5.11 Å². The second-order valence-electron chi connectivity index (χ2n) is 3.19. The van der Waals surface area contributed by atoms with E-state index >= 15 is 0 Å². The van der Waals surface area contributed by atoms with Gasteiger partial charge in [0.15, 0.2) is 6.17 Å². The van der Waals surface area contributed by atoms with Crippen LogP contribution in [0.4, 0.5) is 4.39 Å². The van der Waals surface area contributed by atoms with Crippen LogP contribution in [0.5, 0.6) is 0 Å². The number of carbonyl (C=O) groups is 1. The molecule has 0 bridgehead atoms. The fraction of sp³-hybridized carbons (Fsp3) is 0.875. The van der Waals surface area contributed by atoms with Crippen LogP contribution in [0.2, 0.25) is 0 Å². The van der Waals surface area contributed by atoms with Crippen LogP contribution in [-0.2, 0) is 4.79 Å². The number of carboxylic acids is 1. The van der Waals surface area contributed by atoms with Crippen molar-refractivity contribution in [3.05, 3.63) is 0 Å². The van der Waals surface area contributed by atoms with Crippen LogP contribution in [-0.4, -0.2) is 17.2 Å². The molecule has 0 unspecified atom stereocenters. The van der Waals surface area contributed by atoms with Crippen LogP contribution in [0, 0.1) is 5.92 Å². The molecule has 11 heavy (non-hydrogen) atoms. The summed E-state index contributed by atoms with van der Waals surface area (Å²) < 4.78 is 12.6. The van der Waals surface area contributed by atoms with Crippen molar-refractivity contribution >= 4 is 5.97 Å². The molecule has 0 amide bonds. The summed E-state index contributed by atoms with van der Waals surface area (Å²) in [6.45, 7) is 0. The van der Waals surface area contributed by atoms with E-state index in [0.29, 0.717) is 5.92 Å². The van der Waals surface area contributed by atoms with Gasteiger partial charge in [-0.15, -0.1) is 0 Å². The highest BCUT2D eigenvalue weighted by molar-refractivity contribution is 5.71. The molecule has 0 heterocycles. The van der Waals surface area contributed by atoms with Crippen molar-refractivity contribution in [2.45, 2.75) is 38.3 Å². The number of rotatable bonds is 3. The van der Waals surface area contributed by atoms with Crippen molar-refractivity contribution in [2.24, 2.45) is 5.92 Å². The summed E-state index contributed by atoms with van der Waals surface area (Å²) in [4.78, 5) is 10.1. The van der Waals surface area contributed by atoms with Crippen molar-refractivity contribution in [2.75, 3.05) is 0 Å². The number of carboxylic acid groups (broad SMARTS) is 1. The topological polar surface area (TPSA) is 37.3 Å². The highest BCUT2D eigenvalue weighted by Crippen LogP contribution is 2.29. The summed E-state index contributed by atoms with van der Waals surface area (Å²) >= 11 is 0. The van der Waals surface area contributed by atoms with E-state index in [9.17, 15) is 9.18 Å². The van der Waals surface area contributed by atoms with Gasteiger partial charge >= 0.3 is 5.97 Å². The maximum Gasteiger partial charge on any atom is 0.338 e. The molecule has 0 aliphatic heterocycles. The Morgan fingerprint density at radius 3 is 2.55 bits per heavy atom. The molecule has 0 aromatic heterocycles. The van der Waals surface area contributed by atoms with Gasteiger partial charge in [-0.1, -0.05) is 25.7 Å². The normalized spacial score (nSPS) is 21.9. The van der Waals surface area contributed by atoms with Crippen molar-refractivity contribution in [1.82, 2.24) is 0 Å². The summed E-state index contributed by atoms with van der Waals surface area (Å²) in [5.74, 6) is -0.988. The predicted molar refractivity (Wildman–Crippen MR) is 39.1 cm³/mol. The summed E-state index contributed by atoms with van der Waals surface area (Å²) in [7, 11) is 0. The summed E-state index contributed by atoms with van der Waals surface area (Å²) in [5.41, 5.74) is 0. The van der Waals surface area contributed by atoms with Crippen LogP contribution < -0.4 is 0 Å². The minimum Gasteiger partial charge on any atom is -0.479 e. The van der Waals surface area contributed by atoms with E-state index in [4.69, 9.17) is 5.11 Å². The average Bonchev–Trinajstić information content (AvgIpc) is 2.39. The Morgan fingerprint density at radius 2 is 2.09 bits per heavy atom. The molecule has 1 aliphatic rings. The number of hydrogen-bond acceptors (Lipinski definition) is 1. The van der Waals surface area contributed by atoms with Crippen LogP contribution in [0.15, 0.2) is 0 Å². The molecule has 1 N–H and O–H groups in total. The van der Waals surface area contributed by atoms with Crippen LogP contribution in [0.3, 0.4) is 0 Å². The van der Waals surface area contributed by atoms with E-state index in [1.807, 2.05) is 0 Å². The lowest BCUT2D eigenvalue weighted by Crippen LogP contribution is -2.17. The zero-order valence-electron chi connectivity index (χ0n) is 6.42. The highest BCUT2D eigenvalue weighted by Gasteiger charge is 2.23. The molecule has 0 radical (unpaired) electrons. The lowest BCUT2D eigenvalue weighted by Gasteiger charge is -2.08. The third kappa shape index (κ3) is 2.48. The van der Waals surface area contributed by atoms with Crippen LogP contribution in [0.25, 0.3) is 0 Å². The Kier molecular flexibility index (Phi) is 2.85. The van der Waals surface area contributed by atoms with Gasteiger partial charge in [-0.05, 0) is 12.3 Å². The molecule has 0 saturated heterocycles. The summed E-state index contributed by atoms with van der Waals surface area (Å²) in [5, 5.41) is 8.27. The van der Waals surface area contributed by atoms with Crippen LogP contribution in [0.1, 0.15) is 32.1 Å². The van der Waals surface area contributed by atoms with Gasteiger partial charge in [-0.25, -0.2) is 9.18 Å². The minimum absolute atomic E-state index is 0.218. The van der Waals surface area contributed by atoms with Gasteiger partial charge in [0.2, 0.25) is 0 Å². The standard InChI is InChI=1S/C8H13FO2/c9-7(8(10)11)5-6-3-1-2-4-6/h6-7H,1-5H2,(H,10,11)/t7-/m0/s1. The van der Waals surface area contributed by atoms with Crippen molar-refractivity contribution in [3.63, 3.8) is 0 Å². The molecular weight excluding hydrogens is 147 g/mol. The lowest BCUT2D eigenvalue weighted by molar-refractivity contribution is -0.143. The number of alkyl halides is 1. The van der Waals surface area contributed by atoms with Gasteiger partial charge in [-0.3, -0.25) is 0 Å². The molecule has 1 aliphatic carbocycles. The van der Waals surface area contributed by atoms with Crippen molar-refractivity contribution in [3.8, 4) is 0 Å². The van der Waals surface area contributed by atoms with E-state index in [-0.39, 0.29) is 6.42 Å². The number of aliphatic carboxylic acids is 1. The Morgan fingerprint density at radius 1 is 1.55 bits per heavy atom. The van der Waals surface area contributed by atoms with Gasteiger partial charge in [-0.2, -0.15) is 0 Å². The Hall–Kier alpha value is -0.600. The smallest absolute Gasteiger partial charge is 0.338 e. The first-order valence-corrected chi connectivity index (χ1v) is 4.07. The molecule has 1 saturated carbocycles. The van der Waals surface area contributed by atoms with E-state index in [2.05, 4.69) is 0 Å². The fourth-order valence-electron chi connectivity index (χ4n) is 1.64. The number of halogens is 1. The third-order valence-corrected chi connectivity index (χ3v) is 2.28. The largest absolute Gasteiger partial charge is 0.479 e. The summed E-state index contributed by atoms with van der Waals surface area (Å²) in [6.07, 6.45) is 2.86. The Balaban J connectivity index is 2.23. The predicted octanol–water partition coefficient (Wildman–Crippen LogP) is 1.99. The second kappa shape index (κ2) is 3.69. The third-order valence-electron chi connectivity index (χ3n) is 2.28. The molecule has 2 nitrogen and oxygen atoms in total. The van der Waals surface area contributed by atoms with E-state index in [1.165, 1.54) is 0 Å². The zero-order valence-corrected chi connectivity index (χ0v) is 6.42. The SMILES string of the molecule is O=C(O)[C@@H](F)CC1CCCC1. The molecule has 3 heteroatoms. The second-order valence-corrected chi connectivity index (χ2v) is 3.19. The molecule has 0 aromatic rings. The fourth-order valence-corrected chi connectivity index (χ4v) is 1.64. The van der Waals surface area contributed by atoms with Gasteiger partial charge in [0.1, 0.15) is 0 Å². The molecule has 0 aromatic carbocycles.